The van der Waals surface area contributed by atoms with Gasteiger partial charge in [-0.25, -0.2) is 9.18 Å². The van der Waals surface area contributed by atoms with Crippen molar-refractivity contribution in [3.8, 4) is 11.5 Å². The molecule has 1 amide bonds. The van der Waals surface area contributed by atoms with Gasteiger partial charge in [0.2, 0.25) is 0 Å². The number of fused-ring (bicyclic) bond motifs is 1. The molecule has 1 N–H and O–H groups in total. The first-order chi connectivity index (χ1) is 12.1. The van der Waals surface area contributed by atoms with E-state index in [4.69, 9.17) is 14.2 Å². The van der Waals surface area contributed by atoms with E-state index in [0.29, 0.717) is 18.1 Å². The number of hydrogen-bond acceptors (Lipinski definition) is 5. The van der Waals surface area contributed by atoms with Gasteiger partial charge in [0, 0.05) is 0 Å². The quantitative estimate of drug-likeness (QED) is 0.839. The number of benzene rings is 2. The average Bonchev–Trinajstić information content (AvgIpc) is 2.65. The first kappa shape index (κ1) is 16.8. The maximum Gasteiger partial charge on any atom is 0.338 e. The third-order valence-corrected chi connectivity index (χ3v) is 3.51. The van der Waals surface area contributed by atoms with E-state index in [1.165, 1.54) is 12.1 Å². The van der Waals surface area contributed by atoms with E-state index in [9.17, 15) is 14.0 Å². The van der Waals surface area contributed by atoms with E-state index in [0.717, 1.165) is 12.1 Å². The Kier molecular flexibility index (Phi) is 5.13. The van der Waals surface area contributed by atoms with Crippen molar-refractivity contribution >= 4 is 11.9 Å². The van der Waals surface area contributed by atoms with Gasteiger partial charge in [-0.2, -0.15) is 0 Å². The van der Waals surface area contributed by atoms with Crippen molar-refractivity contribution in [1.29, 1.82) is 0 Å². The molecule has 0 saturated heterocycles. The van der Waals surface area contributed by atoms with Gasteiger partial charge in [-0.1, -0.05) is 12.1 Å². The summed E-state index contributed by atoms with van der Waals surface area (Å²) in [5.41, 5.74) is 0.176. The molecule has 2 aromatic carbocycles. The number of halogens is 1. The van der Waals surface area contributed by atoms with Crippen LogP contribution in [0.25, 0.3) is 0 Å². The van der Waals surface area contributed by atoms with Gasteiger partial charge in [0.25, 0.3) is 5.91 Å². The number of amides is 1. The maximum absolute atomic E-state index is 12.8. The van der Waals surface area contributed by atoms with E-state index in [1.807, 2.05) is 12.1 Å². The van der Waals surface area contributed by atoms with Crippen LogP contribution < -0.4 is 14.8 Å². The van der Waals surface area contributed by atoms with Crippen LogP contribution in [0.15, 0.2) is 48.5 Å². The summed E-state index contributed by atoms with van der Waals surface area (Å²) in [4.78, 5) is 23.5. The zero-order valence-corrected chi connectivity index (χ0v) is 13.2. The normalized spacial score (nSPS) is 15.3. The predicted octanol–water partition coefficient (Wildman–Crippen LogP) is 1.94. The number of ether oxygens (including phenoxy) is 3. The van der Waals surface area contributed by atoms with Crippen LogP contribution in [-0.4, -0.2) is 37.7 Å². The van der Waals surface area contributed by atoms with Crippen LogP contribution in [0.5, 0.6) is 11.5 Å². The van der Waals surface area contributed by atoms with Crippen molar-refractivity contribution in [2.75, 3.05) is 19.8 Å². The first-order valence-corrected chi connectivity index (χ1v) is 7.69. The summed E-state index contributed by atoms with van der Waals surface area (Å²) in [7, 11) is 0. The molecule has 0 unspecified atom stereocenters. The summed E-state index contributed by atoms with van der Waals surface area (Å²) in [5, 5.41) is 2.62. The van der Waals surface area contributed by atoms with Gasteiger partial charge in [-0.05, 0) is 36.4 Å². The van der Waals surface area contributed by atoms with Gasteiger partial charge in [0.1, 0.15) is 18.5 Å². The number of para-hydroxylation sites is 2. The van der Waals surface area contributed by atoms with Gasteiger partial charge in [0.05, 0.1) is 12.1 Å². The molecule has 3 rings (SSSR count). The van der Waals surface area contributed by atoms with Crippen LogP contribution in [0.2, 0.25) is 0 Å². The van der Waals surface area contributed by atoms with E-state index in [-0.39, 0.29) is 18.2 Å². The Labute approximate surface area is 143 Å². The zero-order chi connectivity index (χ0) is 17.6. The number of rotatable bonds is 5. The molecule has 2 aromatic rings. The number of nitrogens with one attached hydrogen (secondary N) is 1. The smallest absolute Gasteiger partial charge is 0.338 e. The fourth-order valence-electron chi connectivity index (χ4n) is 2.24. The van der Waals surface area contributed by atoms with E-state index in [2.05, 4.69) is 5.32 Å². The molecule has 0 fully saturated rings. The van der Waals surface area contributed by atoms with E-state index < -0.39 is 24.3 Å². The second-order valence-corrected chi connectivity index (χ2v) is 5.38. The van der Waals surface area contributed by atoms with Gasteiger partial charge >= 0.3 is 5.97 Å². The average molecular weight is 345 g/mol. The number of carbonyl (C=O) groups is 2. The molecule has 0 spiro atoms. The lowest BCUT2D eigenvalue weighted by atomic mass is 10.2. The minimum Gasteiger partial charge on any atom is -0.486 e. The Balaban J connectivity index is 1.41. The lowest BCUT2D eigenvalue weighted by Gasteiger charge is -2.26. The number of hydrogen-bond donors (Lipinski definition) is 1. The minimum absolute atomic E-state index is 0.176. The summed E-state index contributed by atoms with van der Waals surface area (Å²) in [5.74, 6) is -0.321. The molecule has 1 aliphatic rings. The van der Waals surface area contributed by atoms with Crippen molar-refractivity contribution in [2.24, 2.45) is 0 Å². The highest BCUT2D eigenvalue weighted by atomic mass is 19.1. The maximum atomic E-state index is 12.8. The molecule has 7 heteroatoms. The predicted molar refractivity (Wildman–Crippen MR) is 86.0 cm³/mol. The third-order valence-electron chi connectivity index (χ3n) is 3.51. The topological polar surface area (TPSA) is 73.9 Å². The Hall–Kier alpha value is -3.09. The van der Waals surface area contributed by atoms with E-state index in [1.54, 1.807) is 12.1 Å². The molecular weight excluding hydrogens is 329 g/mol. The van der Waals surface area contributed by atoms with Crippen LogP contribution >= 0.6 is 0 Å². The standard InChI is InChI=1S/C18H16FNO5/c19-13-7-5-12(6-8-13)18(22)24-11-17(21)20-9-14-10-23-15-3-1-2-4-16(15)25-14/h1-8,14H,9-11H2,(H,20,21)/t14-/m0/s1. The van der Waals surface area contributed by atoms with Crippen LogP contribution in [0, 0.1) is 5.82 Å². The third kappa shape index (κ3) is 4.47. The van der Waals surface area contributed by atoms with Crippen molar-refractivity contribution in [3.05, 3.63) is 59.9 Å². The van der Waals surface area contributed by atoms with Crippen LogP contribution in [0.3, 0.4) is 0 Å². The molecule has 25 heavy (non-hydrogen) atoms. The minimum atomic E-state index is -0.693. The van der Waals surface area contributed by atoms with Crippen molar-refractivity contribution < 1.29 is 28.2 Å². The zero-order valence-electron chi connectivity index (χ0n) is 13.2. The first-order valence-electron chi connectivity index (χ1n) is 7.69. The van der Waals surface area contributed by atoms with Crippen LogP contribution in [0.1, 0.15) is 10.4 Å². The molecule has 0 aromatic heterocycles. The highest BCUT2D eigenvalue weighted by Crippen LogP contribution is 2.30. The number of carbonyl (C=O) groups excluding carboxylic acids is 2. The molecule has 0 radical (unpaired) electrons. The molecule has 0 bridgehead atoms. The Morgan fingerprint density at radius 3 is 2.60 bits per heavy atom. The fraction of sp³-hybridized carbons (Fsp3) is 0.222. The van der Waals surface area contributed by atoms with Gasteiger partial charge in [-0.3, -0.25) is 4.79 Å². The monoisotopic (exact) mass is 345 g/mol. The van der Waals surface area contributed by atoms with Gasteiger partial charge < -0.3 is 19.5 Å². The number of esters is 1. The molecule has 1 aliphatic heterocycles. The molecule has 0 saturated carbocycles. The lowest BCUT2D eigenvalue weighted by molar-refractivity contribution is -0.124. The Bertz CT molecular complexity index is 762. The highest BCUT2D eigenvalue weighted by molar-refractivity contribution is 5.91. The van der Waals surface area contributed by atoms with Crippen molar-refractivity contribution in [1.82, 2.24) is 5.32 Å². The molecule has 1 heterocycles. The van der Waals surface area contributed by atoms with Gasteiger partial charge in [0.15, 0.2) is 18.1 Å². The molecule has 6 nitrogen and oxygen atoms in total. The second kappa shape index (κ2) is 7.65. The molecule has 1 atom stereocenters. The van der Waals surface area contributed by atoms with Crippen molar-refractivity contribution in [3.63, 3.8) is 0 Å². The van der Waals surface area contributed by atoms with Crippen LogP contribution in [0.4, 0.5) is 4.39 Å². The Morgan fingerprint density at radius 1 is 1.12 bits per heavy atom. The molecule has 130 valence electrons. The van der Waals surface area contributed by atoms with Gasteiger partial charge in [-0.15, -0.1) is 0 Å². The lowest BCUT2D eigenvalue weighted by Crippen LogP contribution is -2.42. The summed E-state index contributed by atoms with van der Waals surface area (Å²) >= 11 is 0. The summed E-state index contributed by atoms with van der Waals surface area (Å²) < 4.78 is 28.9. The Morgan fingerprint density at radius 2 is 1.84 bits per heavy atom. The SMILES string of the molecule is O=C(COC(=O)c1ccc(F)cc1)NC[C@H]1COc2ccccc2O1. The molecule has 0 aliphatic carbocycles. The van der Waals surface area contributed by atoms with Crippen LogP contribution in [-0.2, 0) is 9.53 Å². The fourth-order valence-corrected chi connectivity index (χ4v) is 2.24. The molecular formula is C18H16FNO5. The highest BCUT2D eigenvalue weighted by Gasteiger charge is 2.21. The summed E-state index contributed by atoms with van der Waals surface area (Å²) in [6.45, 7) is 0.105. The summed E-state index contributed by atoms with van der Waals surface area (Å²) in [6.07, 6.45) is -0.327. The second-order valence-electron chi connectivity index (χ2n) is 5.38. The largest absolute Gasteiger partial charge is 0.486 e. The van der Waals surface area contributed by atoms with Crippen molar-refractivity contribution in [2.45, 2.75) is 6.10 Å². The van der Waals surface area contributed by atoms with E-state index >= 15 is 0 Å². The summed E-state index contributed by atoms with van der Waals surface area (Å²) in [6, 6.07) is 12.1.